The predicted octanol–water partition coefficient (Wildman–Crippen LogP) is 1.88. The number of likely N-dealkylation sites (tertiary alicyclic amines) is 1. The highest BCUT2D eigenvalue weighted by atomic mass is 16.5. The van der Waals surface area contributed by atoms with Crippen LogP contribution in [0.1, 0.15) is 43.0 Å². The van der Waals surface area contributed by atoms with Gasteiger partial charge in [-0.15, -0.1) is 0 Å². The minimum atomic E-state index is 0.0118. The normalized spacial score (nSPS) is 19.8. The molecule has 1 fully saturated rings. The molecule has 150 valence electrons. The van der Waals surface area contributed by atoms with Crippen molar-refractivity contribution in [1.82, 2.24) is 30.0 Å². The van der Waals surface area contributed by atoms with Crippen LogP contribution < -0.4 is 15.4 Å². The lowest BCUT2D eigenvalue weighted by Crippen LogP contribution is -2.48. The molecule has 0 aromatic carbocycles. The first-order valence-electron chi connectivity index (χ1n) is 9.84. The highest BCUT2D eigenvalue weighted by Crippen LogP contribution is 2.29. The quantitative estimate of drug-likeness (QED) is 0.834. The van der Waals surface area contributed by atoms with Crippen LogP contribution in [0.25, 0.3) is 0 Å². The first-order chi connectivity index (χ1) is 13.6. The molecule has 9 nitrogen and oxygen atoms in total. The maximum absolute atomic E-state index is 12.8. The smallest absolute Gasteiger partial charge is 0.317 e. The number of hydrogen-bond donors (Lipinski definition) is 2. The summed E-state index contributed by atoms with van der Waals surface area (Å²) < 4.78 is 6.97. The van der Waals surface area contributed by atoms with Crippen LogP contribution in [-0.4, -0.2) is 56.9 Å². The average Bonchev–Trinajstić information content (AvgIpc) is 3.10. The predicted molar refractivity (Wildman–Crippen MR) is 104 cm³/mol. The summed E-state index contributed by atoms with van der Waals surface area (Å²) in [6, 6.07) is 2.04. The minimum absolute atomic E-state index is 0.0118. The van der Waals surface area contributed by atoms with Crippen molar-refractivity contribution < 1.29 is 9.53 Å². The van der Waals surface area contributed by atoms with E-state index in [1.54, 1.807) is 19.4 Å². The van der Waals surface area contributed by atoms with Crippen molar-refractivity contribution >= 4 is 12.0 Å². The van der Waals surface area contributed by atoms with Gasteiger partial charge in [0.2, 0.25) is 11.8 Å². The Kier molecular flexibility index (Phi) is 5.31. The molecule has 0 bridgehead atoms. The number of fused-ring (bicyclic) bond motifs is 1. The van der Waals surface area contributed by atoms with Crippen LogP contribution in [0.15, 0.2) is 18.5 Å². The molecule has 2 aromatic rings. The van der Waals surface area contributed by atoms with E-state index in [4.69, 9.17) is 4.74 Å². The molecule has 1 atom stereocenters. The van der Waals surface area contributed by atoms with Gasteiger partial charge in [-0.2, -0.15) is 10.1 Å². The number of nitrogens with zero attached hydrogens (tertiary/aromatic N) is 5. The lowest BCUT2D eigenvalue weighted by Gasteiger charge is -2.34. The van der Waals surface area contributed by atoms with Gasteiger partial charge in [0.1, 0.15) is 0 Å². The van der Waals surface area contributed by atoms with Gasteiger partial charge in [-0.3, -0.25) is 4.68 Å². The molecule has 1 unspecified atom stereocenters. The molecule has 0 spiro atoms. The molecular formula is C19H27N7O2. The zero-order chi connectivity index (χ0) is 19.5. The molecule has 0 saturated carbocycles. The average molecular weight is 385 g/mol. The fourth-order valence-corrected chi connectivity index (χ4v) is 3.99. The molecule has 2 N–H and O–H groups in total. The maximum atomic E-state index is 12.8. The van der Waals surface area contributed by atoms with E-state index in [9.17, 15) is 4.79 Å². The summed E-state index contributed by atoms with van der Waals surface area (Å²) in [4.78, 5) is 23.2. The van der Waals surface area contributed by atoms with Gasteiger partial charge in [-0.1, -0.05) is 0 Å². The van der Waals surface area contributed by atoms with E-state index in [0.29, 0.717) is 24.9 Å². The summed E-state index contributed by atoms with van der Waals surface area (Å²) in [7, 11) is 3.52. The lowest BCUT2D eigenvalue weighted by molar-refractivity contribution is 0.178. The number of urea groups is 1. The number of methoxy groups -OCH3 is 1. The van der Waals surface area contributed by atoms with Gasteiger partial charge in [-0.05, 0) is 32.1 Å². The number of piperidine rings is 1. The van der Waals surface area contributed by atoms with Crippen LogP contribution >= 0.6 is 0 Å². The van der Waals surface area contributed by atoms with Gasteiger partial charge in [0.05, 0.1) is 18.8 Å². The Bertz CT molecular complexity index is 829. The Morgan fingerprint density at radius 3 is 2.89 bits per heavy atom. The third kappa shape index (κ3) is 4.02. The SMILES string of the molecule is COc1ccnc(NC2CCN(C(=O)NC3CCCc4nn(C)cc43)CC2)n1. The molecule has 1 saturated heterocycles. The molecule has 1 aliphatic heterocycles. The molecule has 2 aromatic heterocycles. The first kappa shape index (κ1) is 18.5. The van der Waals surface area contributed by atoms with Crippen LogP contribution in [0, 0.1) is 0 Å². The molecular weight excluding hydrogens is 358 g/mol. The number of carbonyl (C=O) groups excluding carboxylic acids is 1. The van der Waals surface area contributed by atoms with E-state index < -0.39 is 0 Å². The number of aryl methyl sites for hydroxylation is 2. The standard InChI is InChI=1S/C19H27N7O2/c1-25-12-14-15(4-3-5-16(14)24-25)22-19(27)26-10-7-13(8-11-26)21-18-20-9-6-17(23-18)28-2/h6,9,12-13,15H,3-5,7-8,10-11H2,1-2H3,(H,22,27)(H,20,21,23). The fraction of sp³-hybridized carbons (Fsp3) is 0.579. The Labute approximate surface area is 164 Å². The van der Waals surface area contributed by atoms with Gasteiger partial charge < -0.3 is 20.3 Å². The van der Waals surface area contributed by atoms with E-state index in [-0.39, 0.29) is 18.1 Å². The van der Waals surface area contributed by atoms with Crippen molar-refractivity contribution in [3.63, 3.8) is 0 Å². The summed E-state index contributed by atoms with van der Waals surface area (Å²) in [5.41, 5.74) is 2.27. The molecule has 9 heteroatoms. The van der Waals surface area contributed by atoms with E-state index in [2.05, 4.69) is 25.7 Å². The van der Waals surface area contributed by atoms with Crippen LogP contribution in [0.2, 0.25) is 0 Å². The maximum Gasteiger partial charge on any atom is 0.317 e. The Morgan fingerprint density at radius 2 is 2.11 bits per heavy atom. The van der Waals surface area contributed by atoms with Gasteiger partial charge in [-0.25, -0.2) is 9.78 Å². The fourth-order valence-electron chi connectivity index (χ4n) is 3.99. The van der Waals surface area contributed by atoms with Gasteiger partial charge in [0, 0.05) is 50.2 Å². The second kappa shape index (κ2) is 8.04. The second-order valence-corrected chi connectivity index (χ2v) is 7.43. The second-order valence-electron chi connectivity index (χ2n) is 7.43. The van der Waals surface area contributed by atoms with E-state index in [0.717, 1.165) is 43.4 Å². The number of ether oxygens (including phenoxy) is 1. The molecule has 28 heavy (non-hydrogen) atoms. The number of anilines is 1. The monoisotopic (exact) mass is 385 g/mol. The van der Waals surface area contributed by atoms with Crippen molar-refractivity contribution in [2.24, 2.45) is 7.05 Å². The largest absolute Gasteiger partial charge is 0.481 e. The van der Waals surface area contributed by atoms with E-state index >= 15 is 0 Å². The lowest BCUT2D eigenvalue weighted by atomic mass is 9.93. The summed E-state index contributed by atoms with van der Waals surface area (Å²) in [6.45, 7) is 1.42. The first-order valence-corrected chi connectivity index (χ1v) is 9.84. The molecule has 2 amide bonds. The number of amides is 2. The van der Waals surface area contributed by atoms with Crippen LogP contribution in [0.4, 0.5) is 10.7 Å². The molecule has 1 aliphatic carbocycles. The van der Waals surface area contributed by atoms with Gasteiger partial charge in [0.15, 0.2) is 0 Å². The highest BCUT2D eigenvalue weighted by Gasteiger charge is 2.28. The molecule has 3 heterocycles. The highest BCUT2D eigenvalue weighted by molar-refractivity contribution is 5.75. The topological polar surface area (TPSA) is 97.2 Å². The molecule has 2 aliphatic rings. The Hall–Kier alpha value is -2.84. The summed E-state index contributed by atoms with van der Waals surface area (Å²) in [5.74, 6) is 1.10. The summed E-state index contributed by atoms with van der Waals surface area (Å²) >= 11 is 0. The zero-order valence-corrected chi connectivity index (χ0v) is 16.4. The number of aromatic nitrogens is 4. The molecule has 4 rings (SSSR count). The van der Waals surface area contributed by atoms with E-state index in [1.807, 2.05) is 22.8 Å². The zero-order valence-electron chi connectivity index (χ0n) is 16.4. The van der Waals surface area contributed by atoms with E-state index in [1.165, 1.54) is 0 Å². The van der Waals surface area contributed by atoms with Gasteiger partial charge in [0.25, 0.3) is 0 Å². The Morgan fingerprint density at radius 1 is 1.29 bits per heavy atom. The van der Waals surface area contributed by atoms with Crippen molar-refractivity contribution in [3.8, 4) is 5.88 Å². The number of rotatable bonds is 4. The third-order valence-corrected chi connectivity index (χ3v) is 5.47. The summed E-state index contributed by atoms with van der Waals surface area (Å²) in [6.07, 6.45) is 8.44. The molecule has 0 radical (unpaired) electrons. The number of carbonyl (C=O) groups is 1. The van der Waals surface area contributed by atoms with Crippen LogP contribution in [-0.2, 0) is 13.5 Å². The van der Waals surface area contributed by atoms with Crippen molar-refractivity contribution in [2.45, 2.75) is 44.2 Å². The van der Waals surface area contributed by atoms with Crippen LogP contribution in [0.5, 0.6) is 5.88 Å². The van der Waals surface area contributed by atoms with Crippen molar-refractivity contribution in [3.05, 3.63) is 29.7 Å². The minimum Gasteiger partial charge on any atom is -0.481 e. The number of hydrogen-bond acceptors (Lipinski definition) is 6. The van der Waals surface area contributed by atoms with Gasteiger partial charge >= 0.3 is 6.03 Å². The number of nitrogens with one attached hydrogen (secondary N) is 2. The summed E-state index contributed by atoms with van der Waals surface area (Å²) in [5, 5.41) is 11.1. The van der Waals surface area contributed by atoms with Crippen molar-refractivity contribution in [2.75, 3.05) is 25.5 Å². The Balaban J connectivity index is 1.29. The third-order valence-electron chi connectivity index (χ3n) is 5.47. The van der Waals surface area contributed by atoms with Crippen molar-refractivity contribution in [1.29, 1.82) is 0 Å². The van der Waals surface area contributed by atoms with Crippen LogP contribution in [0.3, 0.4) is 0 Å².